The highest BCUT2D eigenvalue weighted by atomic mass is 35.5. The van der Waals surface area contributed by atoms with Crippen molar-refractivity contribution in [2.45, 2.75) is 44.6 Å². The fraction of sp³-hybridized carbons (Fsp3) is 0.636. The van der Waals surface area contributed by atoms with E-state index in [9.17, 15) is 9.59 Å². The van der Waals surface area contributed by atoms with Gasteiger partial charge in [-0.1, -0.05) is 6.42 Å². The molecule has 0 saturated heterocycles. The maximum absolute atomic E-state index is 11.5. The predicted molar refractivity (Wildman–Crippen MR) is 55.5 cm³/mol. The lowest BCUT2D eigenvalue weighted by Crippen LogP contribution is -2.36. The summed E-state index contributed by atoms with van der Waals surface area (Å²) in [6.45, 7) is 1.61. The average Bonchev–Trinajstić information content (AvgIpc) is 2.40. The van der Waals surface area contributed by atoms with Gasteiger partial charge in [0.25, 0.3) is 5.24 Å². The molecule has 1 saturated carbocycles. The van der Waals surface area contributed by atoms with Gasteiger partial charge in [0.1, 0.15) is 5.60 Å². The first-order valence-electron chi connectivity index (χ1n) is 5.21. The van der Waals surface area contributed by atoms with E-state index in [1.54, 1.807) is 6.92 Å². The molecule has 0 bridgehead atoms. The van der Waals surface area contributed by atoms with Crippen molar-refractivity contribution in [3.8, 4) is 0 Å². The summed E-state index contributed by atoms with van der Waals surface area (Å²) in [5, 5.41) is -0.541. The predicted octanol–water partition coefficient (Wildman–Crippen LogP) is 2.33. The lowest BCUT2D eigenvalue weighted by atomic mass is 9.79. The number of halogens is 1. The van der Waals surface area contributed by atoms with E-state index in [-0.39, 0.29) is 5.97 Å². The molecule has 0 aromatic carbocycles. The minimum atomic E-state index is -0.696. The number of ether oxygens (including phenoxy) is 1. The third kappa shape index (κ3) is 1.59. The summed E-state index contributed by atoms with van der Waals surface area (Å²) in [4.78, 5) is 22.8. The van der Waals surface area contributed by atoms with Crippen LogP contribution in [0.2, 0.25) is 0 Å². The first-order valence-corrected chi connectivity index (χ1v) is 5.59. The lowest BCUT2D eigenvalue weighted by molar-refractivity contribution is -0.149. The molecule has 0 radical (unpaired) electrons. The molecule has 2 rings (SSSR count). The van der Waals surface area contributed by atoms with Gasteiger partial charge in [0.2, 0.25) is 0 Å². The Bertz CT molecular complexity index is 351. The van der Waals surface area contributed by atoms with E-state index < -0.39 is 10.8 Å². The molecule has 0 aromatic rings. The molecule has 0 atom stereocenters. The summed E-state index contributed by atoms with van der Waals surface area (Å²) >= 11 is 5.54. The Labute approximate surface area is 93.4 Å². The van der Waals surface area contributed by atoms with Crippen LogP contribution in [0.5, 0.6) is 0 Å². The number of carbonyl (C=O) groups is 2. The van der Waals surface area contributed by atoms with E-state index in [0.717, 1.165) is 32.1 Å². The zero-order chi connectivity index (χ0) is 11.1. The molecule has 15 heavy (non-hydrogen) atoms. The molecule has 2 aliphatic rings. The summed E-state index contributed by atoms with van der Waals surface area (Å²) in [6, 6.07) is 0. The molecule has 1 aliphatic heterocycles. The van der Waals surface area contributed by atoms with Crippen molar-refractivity contribution in [1.82, 2.24) is 0 Å². The van der Waals surface area contributed by atoms with Gasteiger partial charge in [0.15, 0.2) is 0 Å². The van der Waals surface area contributed by atoms with E-state index >= 15 is 0 Å². The van der Waals surface area contributed by atoms with Crippen LogP contribution in [0.3, 0.4) is 0 Å². The van der Waals surface area contributed by atoms with Crippen LogP contribution in [-0.4, -0.2) is 16.8 Å². The van der Waals surface area contributed by atoms with Gasteiger partial charge in [0, 0.05) is 5.57 Å². The molecule has 1 heterocycles. The van der Waals surface area contributed by atoms with Crippen molar-refractivity contribution < 1.29 is 14.3 Å². The van der Waals surface area contributed by atoms with Gasteiger partial charge in [-0.25, -0.2) is 4.79 Å². The van der Waals surface area contributed by atoms with Crippen LogP contribution in [0.1, 0.15) is 39.0 Å². The monoisotopic (exact) mass is 228 g/mol. The van der Waals surface area contributed by atoms with E-state index in [2.05, 4.69) is 0 Å². The van der Waals surface area contributed by atoms with Gasteiger partial charge < -0.3 is 4.74 Å². The Morgan fingerprint density at radius 1 is 1.33 bits per heavy atom. The highest BCUT2D eigenvalue weighted by Gasteiger charge is 2.49. The van der Waals surface area contributed by atoms with Crippen molar-refractivity contribution in [2.24, 2.45) is 0 Å². The molecule has 1 aliphatic carbocycles. The molecule has 3 nitrogen and oxygen atoms in total. The Morgan fingerprint density at radius 3 is 2.47 bits per heavy atom. The number of esters is 1. The van der Waals surface area contributed by atoms with Gasteiger partial charge in [-0.05, 0) is 44.2 Å². The Balaban J connectivity index is 2.41. The van der Waals surface area contributed by atoms with Gasteiger partial charge in [-0.3, -0.25) is 4.79 Å². The summed E-state index contributed by atoms with van der Waals surface area (Å²) < 4.78 is 5.36. The second-order valence-electron chi connectivity index (χ2n) is 4.22. The van der Waals surface area contributed by atoms with Crippen LogP contribution in [0.15, 0.2) is 11.1 Å². The maximum atomic E-state index is 11.5. The van der Waals surface area contributed by atoms with Crippen molar-refractivity contribution >= 4 is 22.8 Å². The molecule has 1 fully saturated rings. The minimum Gasteiger partial charge on any atom is -0.451 e. The standard InChI is InChI=1S/C11H13ClO3/c1-7-8(9(12)13)11(15-10(7)14)5-3-2-4-6-11/h2-6H2,1H3. The lowest BCUT2D eigenvalue weighted by Gasteiger charge is -2.33. The van der Waals surface area contributed by atoms with Crippen molar-refractivity contribution in [3.05, 3.63) is 11.1 Å². The van der Waals surface area contributed by atoms with Crippen molar-refractivity contribution in [1.29, 1.82) is 0 Å². The summed E-state index contributed by atoms with van der Waals surface area (Å²) in [6.07, 6.45) is 4.54. The van der Waals surface area contributed by atoms with Crippen LogP contribution >= 0.6 is 11.6 Å². The number of hydrogen-bond acceptors (Lipinski definition) is 3. The largest absolute Gasteiger partial charge is 0.451 e. The first kappa shape index (κ1) is 10.7. The molecule has 0 amide bonds. The molecular formula is C11H13ClO3. The van der Waals surface area contributed by atoms with E-state index in [0.29, 0.717) is 11.1 Å². The van der Waals surface area contributed by atoms with Crippen LogP contribution < -0.4 is 0 Å². The Hall–Kier alpha value is -0.830. The van der Waals surface area contributed by atoms with E-state index in [1.165, 1.54) is 0 Å². The number of rotatable bonds is 1. The molecule has 0 N–H and O–H groups in total. The molecule has 82 valence electrons. The van der Waals surface area contributed by atoms with Gasteiger partial charge in [-0.2, -0.15) is 0 Å². The van der Waals surface area contributed by atoms with Gasteiger partial charge >= 0.3 is 5.97 Å². The molecule has 0 aromatic heterocycles. The second kappa shape index (κ2) is 3.63. The zero-order valence-corrected chi connectivity index (χ0v) is 9.39. The third-order valence-electron chi connectivity index (χ3n) is 3.28. The van der Waals surface area contributed by atoms with Crippen molar-refractivity contribution in [3.63, 3.8) is 0 Å². The average molecular weight is 229 g/mol. The first-order chi connectivity index (χ1) is 7.07. The highest BCUT2D eigenvalue weighted by Crippen LogP contribution is 2.44. The quantitative estimate of drug-likeness (QED) is 0.511. The fourth-order valence-electron chi connectivity index (χ4n) is 2.55. The van der Waals surface area contributed by atoms with Crippen LogP contribution in [0, 0.1) is 0 Å². The normalized spacial score (nSPS) is 24.5. The number of carbonyl (C=O) groups excluding carboxylic acids is 2. The Morgan fingerprint density at radius 2 is 1.93 bits per heavy atom. The topological polar surface area (TPSA) is 43.4 Å². The summed E-state index contributed by atoms with van der Waals surface area (Å²) in [5.74, 6) is -0.388. The molecule has 1 spiro atoms. The smallest absolute Gasteiger partial charge is 0.335 e. The molecule has 0 unspecified atom stereocenters. The van der Waals surface area contributed by atoms with Crippen molar-refractivity contribution in [2.75, 3.05) is 0 Å². The fourth-order valence-corrected chi connectivity index (χ4v) is 2.86. The Kier molecular flexibility index (Phi) is 2.59. The van der Waals surface area contributed by atoms with E-state index in [4.69, 9.17) is 16.3 Å². The van der Waals surface area contributed by atoms with Crippen LogP contribution in [-0.2, 0) is 14.3 Å². The van der Waals surface area contributed by atoms with Gasteiger partial charge in [-0.15, -0.1) is 0 Å². The highest BCUT2D eigenvalue weighted by molar-refractivity contribution is 6.68. The zero-order valence-electron chi connectivity index (χ0n) is 8.64. The van der Waals surface area contributed by atoms with Crippen LogP contribution in [0.4, 0.5) is 0 Å². The van der Waals surface area contributed by atoms with Gasteiger partial charge in [0.05, 0.1) is 5.57 Å². The molecular weight excluding hydrogens is 216 g/mol. The van der Waals surface area contributed by atoms with Crippen LogP contribution in [0.25, 0.3) is 0 Å². The summed E-state index contributed by atoms with van der Waals surface area (Å²) in [7, 11) is 0. The SMILES string of the molecule is CC1=C(C(=O)Cl)C2(CCCCC2)OC1=O. The maximum Gasteiger partial charge on any atom is 0.335 e. The molecule has 4 heteroatoms. The van der Waals surface area contributed by atoms with E-state index in [1.807, 2.05) is 0 Å². The third-order valence-corrected chi connectivity index (χ3v) is 3.47. The second-order valence-corrected chi connectivity index (χ2v) is 4.56. The summed E-state index contributed by atoms with van der Waals surface area (Å²) in [5.41, 5.74) is 0.0869. The number of hydrogen-bond donors (Lipinski definition) is 0. The minimum absolute atomic E-state index is 0.386.